The number of benzene rings is 2. The number of piperidine rings is 2. The average molecular weight is 787 g/mol. The number of likely N-dealkylation sites (tertiary alicyclic amines) is 1. The Hall–Kier alpha value is -4.76. The fraction of sp³-hybridized carbons (Fsp3) is 0.512. The molecule has 1 unspecified atom stereocenters. The van der Waals surface area contributed by atoms with E-state index in [0.717, 1.165) is 69.4 Å². The number of unbranched alkanes of at least 4 members (excludes halogenated alkanes) is 3. The van der Waals surface area contributed by atoms with Gasteiger partial charge in [0.25, 0.3) is 17.4 Å². The van der Waals surface area contributed by atoms with Crippen LogP contribution in [-0.4, -0.2) is 93.5 Å². The molecule has 56 heavy (non-hydrogen) atoms. The number of amides is 4. The number of aromatic amines is 1. The minimum absolute atomic E-state index is 0.00438. The lowest BCUT2D eigenvalue weighted by Crippen LogP contribution is -2.51. The maximum atomic E-state index is 14.9. The minimum atomic E-state index is -0.842. The second-order valence-corrected chi connectivity index (χ2v) is 16.6. The van der Waals surface area contributed by atoms with Crippen LogP contribution in [0.3, 0.4) is 0 Å². The van der Waals surface area contributed by atoms with Crippen molar-refractivity contribution in [3.63, 3.8) is 0 Å². The first kappa shape index (κ1) is 39.5. The maximum absolute atomic E-state index is 14.9. The lowest BCUT2D eigenvalue weighted by molar-refractivity contribution is -0.125. The van der Waals surface area contributed by atoms with Crippen molar-refractivity contribution >= 4 is 57.7 Å². The molecule has 3 fully saturated rings. The van der Waals surface area contributed by atoms with E-state index in [1.54, 1.807) is 36.0 Å². The molecule has 0 bridgehead atoms. The molecule has 13 nitrogen and oxygen atoms in total. The molecule has 7 rings (SSSR count). The van der Waals surface area contributed by atoms with Crippen molar-refractivity contribution < 1.29 is 23.6 Å². The Balaban J connectivity index is 0.764. The number of hydrogen-bond acceptors (Lipinski definition) is 10. The van der Waals surface area contributed by atoms with Gasteiger partial charge in [0.15, 0.2) is 0 Å². The van der Waals surface area contributed by atoms with E-state index in [0.29, 0.717) is 89.1 Å². The first-order valence-corrected chi connectivity index (χ1v) is 21.0. The fourth-order valence-electron chi connectivity index (χ4n) is 8.22. The van der Waals surface area contributed by atoms with Crippen molar-refractivity contribution in [3.8, 4) is 0 Å². The summed E-state index contributed by atoms with van der Waals surface area (Å²) in [5, 5.41) is 12.8. The number of carbonyl (C=O) groups is 4. The van der Waals surface area contributed by atoms with Crippen LogP contribution >= 0.6 is 11.8 Å². The molecule has 298 valence electrons. The summed E-state index contributed by atoms with van der Waals surface area (Å²) in [6.45, 7) is 7.00. The van der Waals surface area contributed by atoms with E-state index in [1.165, 1.54) is 18.9 Å². The van der Waals surface area contributed by atoms with Gasteiger partial charge in [-0.3, -0.25) is 33.8 Å². The normalized spacial score (nSPS) is 19.4. The van der Waals surface area contributed by atoms with E-state index in [-0.39, 0.29) is 17.2 Å². The summed E-state index contributed by atoms with van der Waals surface area (Å²) in [6, 6.07) is 7.82. The molecule has 2 saturated heterocycles. The molecule has 1 aliphatic carbocycles. The van der Waals surface area contributed by atoms with Crippen LogP contribution in [0.15, 0.2) is 47.4 Å². The van der Waals surface area contributed by atoms with E-state index in [9.17, 15) is 28.4 Å². The van der Waals surface area contributed by atoms with E-state index in [4.69, 9.17) is 0 Å². The standard InChI is InChI=1S/C41H51FN8O5S/c1-25-13-14-33(38(52)45-25)50-40(54)29-11-8-12-31(36(29)41(50)55)43-17-6-2-3-7-18-44-35(51)23-49-19-15-28(16-20-49)56-24-34-47-32-22-27(46-26-9-4-5-10-26)21-30(42)37(32)39(53)48-34/h8,11-12,21-22,26,28,33,43,46H,1-7,9-10,13-20,23-24H2,(H,44,51)(H,45,52)(H,47,48,53). The monoisotopic (exact) mass is 786 g/mol. The molecule has 1 aromatic heterocycles. The Kier molecular flexibility index (Phi) is 12.7. The van der Waals surface area contributed by atoms with Crippen LogP contribution in [0.5, 0.6) is 0 Å². The van der Waals surface area contributed by atoms with Crippen LogP contribution in [0.25, 0.3) is 10.9 Å². The summed E-state index contributed by atoms with van der Waals surface area (Å²) in [5.41, 5.74) is 2.40. The Morgan fingerprint density at radius 3 is 2.50 bits per heavy atom. The third kappa shape index (κ3) is 9.26. The Morgan fingerprint density at radius 1 is 0.964 bits per heavy atom. The predicted molar refractivity (Wildman–Crippen MR) is 216 cm³/mol. The largest absolute Gasteiger partial charge is 0.384 e. The molecule has 2 aromatic carbocycles. The van der Waals surface area contributed by atoms with Crippen molar-refractivity contribution in [2.24, 2.45) is 0 Å². The van der Waals surface area contributed by atoms with Gasteiger partial charge < -0.3 is 26.3 Å². The van der Waals surface area contributed by atoms with Gasteiger partial charge in [-0.25, -0.2) is 9.37 Å². The summed E-state index contributed by atoms with van der Waals surface area (Å²) in [5.74, 6) is -0.744. The van der Waals surface area contributed by atoms with Crippen molar-refractivity contribution in [1.29, 1.82) is 0 Å². The molecule has 3 aliphatic heterocycles. The summed E-state index contributed by atoms with van der Waals surface area (Å²) in [7, 11) is 0. The number of anilines is 2. The maximum Gasteiger partial charge on any atom is 0.264 e. The summed E-state index contributed by atoms with van der Waals surface area (Å²) in [6.07, 6.45) is 10.8. The van der Waals surface area contributed by atoms with E-state index in [1.807, 2.05) is 0 Å². The fourth-order valence-corrected chi connectivity index (χ4v) is 9.29. The van der Waals surface area contributed by atoms with Gasteiger partial charge in [-0.1, -0.05) is 38.3 Å². The van der Waals surface area contributed by atoms with Crippen LogP contribution in [0.2, 0.25) is 0 Å². The number of allylic oxidation sites excluding steroid dienone is 1. The smallest absolute Gasteiger partial charge is 0.264 e. The third-order valence-corrected chi connectivity index (χ3v) is 12.6. The van der Waals surface area contributed by atoms with Crippen LogP contribution in [-0.2, 0) is 15.3 Å². The third-order valence-electron chi connectivity index (χ3n) is 11.2. The molecule has 4 aliphatic rings. The number of thioether (sulfide) groups is 1. The average Bonchev–Trinajstić information content (AvgIpc) is 3.77. The summed E-state index contributed by atoms with van der Waals surface area (Å²) in [4.78, 5) is 75.0. The van der Waals surface area contributed by atoms with Crippen molar-refractivity contribution in [1.82, 2.24) is 30.4 Å². The second-order valence-electron chi connectivity index (χ2n) is 15.3. The SMILES string of the molecule is C=C1CCC(N2C(=O)c3cccc(NCCCCCCNC(=O)CN4CCC(SCc5nc6cc(NC7CCCC7)cc(F)c6c(=O)[nH]5)CC4)c3C2=O)C(=O)N1. The van der Waals surface area contributed by atoms with Gasteiger partial charge in [-0.2, -0.15) is 11.8 Å². The zero-order valence-corrected chi connectivity index (χ0v) is 32.5. The first-order valence-electron chi connectivity index (χ1n) is 20.0. The number of nitrogens with zero attached hydrogens (tertiary/aromatic N) is 3. The summed E-state index contributed by atoms with van der Waals surface area (Å²) < 4.78 is 14.9. The van der Waals surface area contributed by atoms with Gasteiger partial charge in [-0.05, 0) is 88.7 Å². The van der Waals surface area contributed by atoms with Crippen LogP contribution in [0.1, 0.15) is 104 Å². The topological polar surface area (TPSA) is 169 Å². The number of fused-ring (bicyclic) bond motifs is 2. The zero-order valence-electron chi connectivity index (χ0n) is 31.7. The Bertz CT molecular complexity index is 2040. The summed E-state index contributed by atoms with van der Waals surface area (Å²) >= 11 is 1.74. The highest BCUT2D eigenvalue weighted by Gasteiger charge is 2.45. The molecule has 15 heteroatoms. The molecule has 5 N–H and O–H groups in total. The number of nitrogens with one attached hydrogen (secondary N) is 5. The quantitative estimate of drug-likeness (QED) is 0.0951. The van der Waals surface area contributed by atoms with Gasteiger partial charge in [-0.15, -0.1) is 0 Å². The molecule has 3 aromatic rings. The first-order chi connectivity index (χ1) is 27.1. The molecule has 4 heterocycles. The Morgan fingerprint density at radius 2 is 1.73 bits per heavy atom. The molecule has 0 radical (unpaired) electrons. The van der Waals surface area contributed by atoms with E-state index in [2.05, 4.69) is 42.7 Å². The van der Waals surface area contributed by atoms with Gasteiger partial charge in [0, 0.05) is 41.5 Å². The second kappa shape index (κ2) is 18.0. The number of aromatic nitrogens is 2. The highest BCUT2D eigenvalue weighted by Crippen LogP contribution is 2.33. The van der Waals surface area contributed by atoms with E-state index >= 15 is 0 Å². The number of halogens is 1. The van der Waals surface area contributed by atoms with Crippen molar-refractivity contribution in [3.05, 3.63) is 75.7 Å². The lowest BCUT2D eigenvalue weighted by Gasteiger charge is -2.31. The molecule has 1 atom stereocenters. The molecule has 4 amide bonds. The van der Waals surface area contributed by atoms with Gasteiger partial charge in [0.1, 0.15) is 23.1 Å². The molecule has 0 spiro atoms. The van der Waals surface area contributed by atoms with Crippen molar-refractivity contribution in [2.45, 2.75) is 100 Å². The Labute approximate surface area is 330 Å². The number of H-pyrrole nitrogens is 1. The van der Waals surface area contributed by atoms with Crippen LogP contribution in [0, 0.1) is 5.82 Å². The molecular formula is C41H51FN8O5S. The lowest BCUT2D eigenvalue weighted by atomic mass is 10.0. The van der Waals surface area contributed by atoms with Crippen LogP contribution in [0.4, 0.5) is 15.8 Å². The highest BCUT2D eigenvalue weighted by atomic mass is 32.2. The highest BCUT2D eigenvalue weighted by molar-refractivity contribution is 7.99. The predicted octanol–water partition coefficient (Wildman–Crippen LogP) is 5.29. The van der Waals surface area contributed by atoms with Crippen LogP contribution < -0.4 is 26.8 Å². The van der Waals surface area contributed by atoms with Crippen molar-refractivity contribution in [2.75, 3.05) is 43.4 Å². The minimum Gasteiger partial charge on any atom is -0.384 e. The van der Waals surface area contributed by atoms with Gasteiger partial charge in [0.05, 0.1) is 28.9 Å². The number of imide groups is 1. The van der Waals surface area contributed by atoms with Gasteiger partial charge >= 0.3 is 0 Å². The molecular weight excluding hydrogens is 736 g/mol. The van der Waals surface area contributed by atoms with Gasteiger partial charge in [0.2, 0.25) is 11.8 Å². The zero-order chi connectivity index (χ0) is 39.2. The number of hydrogen-bond donors (Lipinski definition) is 5. The number of rotatable bonds is 16. The number of carbonyl (C=O) groups excluding carboxylic acids is 4. The molecule has 1 saturated carbocycles. The van der Waals surface area contributed by atoms with E-state index < -0.39 is 29.2 Å².